The molecule has 0 saturated carbocycles. The quantitative estimate of drug-likeness (QED) is 0.649. The maximum absolute atomic E-state index is 12.3. The van der Waals surface area contributed by atoms with Gasteiger partial charge in [-0.3, -0.25) is 4.79 Å². The monoisotopic (exact) mass is 364 g/mol. The number of aromatic nitrogens is 2. The van der Waals surface area contributed by atoms with Crippen molar-refractivity contribution in [2.45, 2.75) is 25.4 Å². The van der Waals surface area contributed by atoms with Gasteiger partial charge >= 0.3 is 0 Å². The van der Waals surface area contributed by atoms with Gasteiger partial charge in [-0.25, -0.2) is 4.98 Å². The van der Waals surface area contributed by atoms with Gasteiger partial charge in [0.1, 0.15) is 5.82 Å². The number of benzene rings is 2. The first-order valence-corrected chi connectivity index (χ1v) is 9.36. The molecule has 4 N–H and O–H groups in total. The zero-order valence-corrected chi connectivity index (χ0v) is 15.2. The van der Waals surface area contributed by atoms with E-state index < -0.39 is 6.04 Å². The molecule has 1 unspecified atom stereocenters. The van der Waals surface area contributed by atoms with Crippen LogP contribution in [0.25, 0.3) is 22.4 Å². The fourth-order valence-corrected chi connectivity index (χ4v) is 3.47. The first-order valence-electron chi connectivity index (χ1n) is 9.36. The van der Waals surface area contributed by atoms with Crippen LogP contribution in [-0.4, -0.2) is 35.1 Å². The summed E-state index contributed by atoms with van der Waals surface area (Å²) in [4.78, 5) is 20.2. The van der Waals surface area contributed by atoms with Gasteiger partial charge in [0.05, 0.1) is 17.1 Å². The molecule has 2 heterocycles. The predicted octanol–water partition coefficient (Wildman–Crippen LogP) is 2.60. The van der Waals surface area contributed by atoms with Gasteiger partial charge in [0, 0.05) is 25.3 Å². The van der Waals surface area contributed by atoms with Crippen molar-refractivity contribution in [3.8, 4) is 11.4 Å². The second kappa shape index (κ2) is 7.90. The van der Waals surface area contributed by atoms with E-state index in [2.05, 4.69) is 15.3 Å². The van der Waals surface area contributed by atoms with E-state index in [1.807, 2.05) is 48.5 Å². The lowest BCUT2D eigenvalue weighted by atomic mass is 9.92. The minimum Gasteiger partial charge on any atom is -0.381 e. The number of hydrogen-bond acceptors (Lipinski definition) is 4. The van der Waals surface area contributed by atoms with Crippen LogP contribution in [0.3, 0.4) is 0 Å². The Kier molecular flexibility index (Phi) is 5.18. The maximum atomic E-state index is 12.3. The highest BCUT2D eigenvalue weighted by molar-refractivity contribution is 5.82. The Morgan fingerprint density at radius 3 is 2.67 bits per heavy atom. The molecule has 1 saturated heterocycles. The first kappa shape index (κ1) is 17.7. The molecule has 6 nitrogen and oxygen atoms in total. The van der Waals surface area contributed by atoms with Gasteiger partial charge in [0.2, 0.25) is 5.91 Å². The number of nitrogens with two attached hydrogens (primary N) is 1. The summed E-state index contributed by atoms with van der Waals surface area (Å²) in [5, 5.41) is 2.95. The average molecular weight is 364 g/mol. The minimum atomic E-state index is -0.469. The van der Waals surface area contributed by atoms with Crippen molar-refractivity contribution < 1.29 is 9.53 Å². The van der Waals surface area contributed by atoms with E-state index in [-0.39, 0.29) is 11.8 Å². The van der Waals surface area contributed by atoms with Crippen LogP contribution in [0, 0.1) is 5.92 Å². The Morgan fingerprint density at radius 2 is 1.93 bits per heavy atom. The summed E-state index contributed by atoms with van der Waals surface area (Å²) < 4.78 is 5.33. The Balaban J connectivity index is 1.37. The number of para-hydroxylation sites is 2. The van der Waals surface area contributed by atoms with Crippen molar-refractivity contribution in [2.24, 2.45) is 11.7 Å². The molecule has 1 aromatic heterocycles. The maximum Gasteiger partial charge on any atom is 0.237 e. The molecule has 0 bridgehead atoms. The molecule has 0 radical (unpaired) electrons. The molecule has 3 aromatic rings. The lowest BCUT2D eigenvalue weighted by Crippen LogP contribution is -2.46. The van der Waals surface area contributed by atoms with E-state index in [1.54, 1.807) is 0 Å². The second-order valence-electron chi connectivity index (χ2n) is 6.99. The Bertz CT molecular complexity index is 880. The number of nitrogens with one attached hydrogen (secondary N) is 2. The predicted molar refractivity (Wildman–Crippen MR) is 105 cm³/mol. The largest absolute Gasteiger partial charge is 0.381 e. The van der Waals surface area contributed by atoms with E-state index >= 15 is 0 Å². The molecule has 1 amide bonds. The number of ether oxygens (including phenoxy) is 1. The molecule has 4 rings (SSSR count). The zero-order valence-electron chi connectivity index (χ0n) is 15.2. The van der Waals surface area contributed by atoms with E-state index in [0.717, 1.165) is 40.8 Å². The standard InChI is InChI=1S/C21H24N4O2/c22-19(15-9-11-27-12-10-15)21(26)23-13-14-5-7-16(8-6-14)20-24-17-3-1-2-4-18(17)25-20/h1-8,15,19H,9-13,22H2,(H,23,26)(H,24,25). The Labute approximate surface area is 158 Å². The number of carbonyl (C=O) groups excluding carboxylic acids is 1. The fraction of sp³-hybridized carbons (Fsp3) is 0.333. The number of imidazole rings is 1. The molecule has 1 aliphatic heterocycles. The van der Waals surface area contributed by atoms with Crippen LogP contribution in [0.2, 0.25) is 0 Å². The lowest BCUT2D eigenvalue weighted by Gasteiger charge is -2.26. The van der Waals surface area contributed by atoms with Crippen LogP contribution in [0.15, 0.2) is 48.5 Å². The van der Waals surface area contributed by atoms with Crippen molar-refractivity contribution in [1.82, 2.24) is 15.3 Å². The normalized spacial score (nSPS) is 16.3. The van der Waals surface area contributed by atoms with E-state index in [1.165, 1.54) is 0 Å². The summed E-state index contributed by atoms with van der Waals surface area (Å²) in [7, 11) is 0. The average Bonchev–Trinajstić information content (AvgIpc) is 3.17. The van der Waals surface area contributed by atoms with Crippen molar-refractivity contribution in [2.75, 3.05) is 13.2 Å². The summed E-state index contributed by atoms with van der Waals surface area (Å²) >= 11 is 0. The van der Waals surface area contributed by atoms with E-state index in [4.69, 9.17) is 10.5 Å². The van der Waals surface area contributed by atoms with Gasteiger partial charge in [-0.05, 0) is 36.5 Å². The number of H-pyrrole nitrogens is 1. The highest BCUT2D eigenvalue weighted by atomic mass is 16.5. The molecule has 1 aliphatic rings. The summed E-state index contributed by atoms with van der Waals surface area (Å²) in [5.74, 6) is 0.950. The topological polar surface area (TPSA) is 93.0 Å². The van der Waals surface area contributed by atoms with Gasteiger partial charge < -0.3 is 20.8 Å². The number of aromatic amines is 1. The molecule has 2 aromatic carbocycles. The van der Waals surface area contributed by atoms with Gasteiger partial charge in [-0.15, -0.1) is 0 Å². The molecule has 140 valence electrons. The third-order valence-corrected chi connectivity index (χ3v) is 5.16. The zero-order chi connectivity index (χ0) is 18.6. The number of nitrogens with zero attached hydrogens (tertiary/aromatic N) is 1. The third-order valence-electron chi connectivity index (χ3n) is 5.16. The van der Waals surface area contributed by atoms with Crippen LogP contribution < -0.4 is 11.1 Å². The Morgan fingerprint density at radius 1 is 1.19 bits per heavy atom. The molecule has 1 fully saturated rings. The summed E-state index contributed by atoms with van der Waals surface area (Å²) in [6.45, 7) is 1.85. The van der Waals surface area contributed by atoms with Gasteiger partial charge in [-0.2, -0.15) is 0 Å². The van der Waals surface area contributed by atoms with Gasteiger partial charge in [0.15, 0.2) is 0 Å². The molecule has 27 heavy (non-hydrogen) atoms. The SMILES string of the molecule is NC(C(=O)NCc1ccc(-c2nc3ccccc3[nH]2)cc1)C1CCOCC1. The smallest absolute Gasteiger partial charge is 0.237 e. The summed E-state index contributed by atoms with van der Waals surface area (Å²) in [6.07, 6.45) is 1.70. The summed E-state index contributed by atoms with van der Waals surface area (Å²) in [6, 6.07) is 15.5. The van der Waals surface area contributed by atoms with Crippen LogP contribution in [0.1, 0.15) is 18.4 Å². The van der Waals surface area contributed by atoms with Crippen LogP contribution in [0.5, 0.6) is 0 Å². The molecule has 6 heteroatoms. The highest BCUT2D eigenvalue weighted by Gasteiger charge is 2.26. The number of hydrogen-bond donors (Lipinski definition) is 3. The van der Waals surface area contributed by atoms with Gasteiger partial charge in [-0.1, -0.05) is 36.4 Å². The van der Waals surface area contributed by atoms with E-state index in [9.17, 15) is 4.79 Å². The molecular formula is C21H24N4O2. The van der Waals surface area contributed by atoms with Crippen molar-refractivity contribution in [3.63, 3.8) is 0 Å². The number of carbonyl (C=O) groups is 1. The van der Waals surface area contributed by atoms with Crippen LogP contribution in [-0.2, 0) is 16.1 Å². The molecule has 1 atom stereocenters. The van der Waals surface area contributed by atoms with Gasteiger partial charge in [0.25, 0.3) is 0 Å². The fourth-order valence-electron chi connectivity index (χ4n) is 3.47. The number of amides is 1. The number of rotatable bonds is 5. The molecule has 0 aliphatic carbocycles. The number of fused-ring (bicyclic) bond motifs is 1. The van der Waals surface area contributed by atoms with Crippen molar-refractivity contribution in [3.05, 3.63) is 54.1 Å². The highest BCUT2D eigenvalue weighted by Crippen LogP contribution is 2.21. The third kappa shape index (κ3) is 4.02. The second-order valence-corrected chi connectivity index (χ2v) is 6.99. The molecular weight excluding hydrogens is 340 g/mol. The first-order chi connectivity index (χ1) is 13.2. The van der Waals surface area contributed by atoms with Crippen molar-refractivity contribution in [1.29, 1.82) is 0 Å². The van der Waals surface area contributed by atoms with E-state index in [0.29, 0.717) is 19.8 Å². The molecule has 0 spiro atoms. The lowest BCUT2D eigenvalue weighted by molar-refractivity contribution is -0.124. The van der Waals surface area contributed by atoms with Crippen molar-refractivity contribution >= 4 is 16.9 Å². The Hall–Kier alpha value is -2.70. The minimum absolute atomic E-state index is 0.0942. The van der Waals surface area contributed by atoms with Crippen LogP contribution in [0.4, 0.5) is 0 Å². The summed E-state index contributed by atoms with van der Waals surface area (Å²) in [5.41, 5.74) is 10.1. The van der Waals surface area contributed by atoms with Crippen LogP contribution >= 0.6 is 0 Å².